The molecule has 0 spiro atoms. The van der Waals surface area contributed by atoms with Crippen molar-refractivity contribution in [2.75, 3.05) is 0 Å². The van der Waals surface area contributed by atoms with E-state index in [0.29, 0.717) is 6.07 Å². The standard InChI is InChI=1S/C13H8ClF2NO3.BH3.2FH/c14-9-10(16)8(15)3-6-11(9)17(5-1-2-5)4-7(12(6)18)13(19)20;;;/h3-5H,1-2H2,(H,19,20);1H3;2*1H. The monoisotopic (exact) mass is 353 g/mol. The van der Waals surface area contributed by atoms with Gasteiger partial charge in [-0.2, -0.15) is 0 Å². The zero-order valence-electron chi connectivity index (χ0n) is 10.8. The molecule has 1 fully saturated rings. The van der Waals surface area contributed by atoms with Crippen LogP contribution >= 0.6 is 11.6 Å². The first kappa shape index (κ1) is 21.0. The maximum atomic E-state index is 13.6. The van der Waals surface area contributed by atoms with E-state index in [1.54, 1.807) is 0 Å². The van der Waals surface area contributed by atoms with Crippen molar-refractivity contribution < 1.29 is 28.1 Å². The molecule has 0 aliphatic heterocycles. The number of rotatable bonds is 2. The number of aromatic nitrogens is 1. The van der Waals surface area contributed by atoms with Crippen LogP contribution in [0.1, 0.15) is 29.2 Å². The Kier molecular flexibility index (Phi) is 6.42. The average Bonchev–Trinajstić information content (AvgIpc) is 3.21. The van der Waals surface area contributed by atoms with Gasteiger partial charge in [-0.05, 0) is 18.9 Å². The van der Waals surface area contributed by atoms with Crippen molar-refractivity contribution in [3.05, 3.63) is 44.7 Å². The zero-order valence-corrected chi connectivity index (χ0v) is 11.6. The summed E-state index contributed by atoms with van der Waals surface area (Å²) in [5.74, 6) is -3.92. The third-order valence-electron chi connectivity index (χ3n) is 3.32. The zero-order chi connectivity index (χ0) is 14.6. The summed E-state index contributed by atoms with van der Waals surface area (Å²) in [5.41, 5.74) is -1.31. The second kappa shape index (κ2) is 7.03. The predicted octanol–water partition coefficient (Wildman–Crippen LogP) is 2.09. The molecule has 1 N–H and O–H groups in total. The van der Waals surface area contributed by atoms with Crippen LogP contribution in [0.25, 0.3) is 10.9 Å². The van der Waals surface area contributed by atoms with E-state index in [1.807, 2.05) is 0 Å². The second-order valence-electron chi connectivity index (χ2n) is 4.70. The Morgan fingerprint density at radius 1 is 1.30 bits per heavy atom. The van der Waals surface area contributed by atoms with Gasteiger partial charge in [0, 0.05) is 12.2 Å². The van der Waals surface area contributed by atoms with E-state index < -0.39 is 33.6 Å². The van der Waals surface area contributed by atoms with Gasteiger partial charge in [0.15, 0.2) is 11.6 Å². The Hall–Kier alpha value is -2.03. The van der Waals surface area contributed by atoms with Gasteiger partial charge in [-0.1, -0.05) is 11.6 Å². The Bertz CT molecular complexity index is 823. The topological polar surface area (TPSA) is 59.3 Å². The van der Waals surface area contributed by atoms with Crippen molar-refractivity contribution in [1.29, 1.82) is 0 Å². The molecule has 1 aliphatic carbocycles. The lowest BCUT2D eigenvalue weighted by atomic mass is 10.1. The van der Waals surface area contributed by atoms with Gasteiger partial charge < -0.3 is 9.67 Å². The molecule has 1 aromatic carbocycles. The van der Waals surface area contributed by atoms with Crippen molar-refractivity contribution in [1.82, 2.24) is 4.57 Å². The minimum atomic E-state index is -1.41. The minimum Gasteiger partial charge on any atom is -0.477 e. The third-order valence-corrected chi connectivity index (χ3v) is 3.67. The molecule has 0 atom stereocenters. The minimum absolute atomic E-state index is 0. The van der Waals surface area contributed by atoms with Gasteiger partial charge in [-0.15, -0.1) is 0 Å². The highest BCUT2D eigenvalue weighted by Gasteiger charge is 2.29. The van der Waals surface area contributed by atoms with Crippen molar-refractivity contribution >= 4 is 36.9 Å². The van der Waals surface area contributed by atoms with Crippen molar-refractivity contribution in [3.8, 4) is 0 Å². The summed E-state index contributed by atoms with van der Waals surface area (Å²) in [5, 5.41) is 8.31. The molecular formula is C13H13BClF4NO3. The lowest BCUT2D eigenvalue weighted by Gasteiger charge is -2.13. The Morgan fingerprint density at radius 2 is 1.87 bits per heavy atom. The molecule has 4 nitrogen and oxygen atoms in total. The van der Waals surface area contributed by atoms with Crippen molar-refractivity contribution in [2.45, 2.75) is 18.9 Å². The molecule has 1 aromatic heterocycles. The Balaban J connectivity index is 0.00000161. The number of aromatic carboxylic acids is 1. The summed E-state index contributed by atoms with van der Waals surface area (Å²) in [6.07, 6.45) is 2.69. The molecule has 0 bridgehead atoms. The fourth-order valence-corrected chi connectivity index (χ4v) is 2.50. The number of hydrogen-bond acceptors (Lipinski definition) is 2. The predicted molar refractivity (Wildman–Crippen MR) is 83.3 cm³/mol. The molecule has 1 heterocycles. The van der Waals surface area contributed by atoms with Crippen LogP contribution in [-0.4, -0.2) is 24.1 Å². The van der Waals surface area contributed by atoms with E-state index >= 15 is 0 Å². The van der Waals surface area contributed by atoms with Gasteiger partial charge >= 0.3 is 5.97 Å². The van der Waals surface area contributed by atoms with Crippen LogP contribution in [0.4, 0.5) is 18.2 Å². The van der Waals surface area contributed by atoms with E-state index in [9.17, 15) is 18.4 Å². The first-order valence-electron chi connectivity index (χ1n) is 5.87. The van der Waals surface area contributed by atoms with E-state index in [2.05, 4.69) is 0 Å². The fraction of sp³-hybridized carbons (Fsp3) is 0.231. The van der Waals surface area contributed by atoms with Crippen LogP contribution < -0.4 is 5.43 Å². The van der Waals surface area contributed by atoms with Gasteiger partial charge in [-0.3, -0.25) is 14.2 Å². The highest BCUT2D eigenvalue weighted by Crippen LogP contribution is 2.39. The van der Waals surface area contributed by atoms with Gasteiger partial charge in [0.1, 0.15) is 10.6 Å². The molecule has 23 heavy (non-hydrogen) atoms. The number of hydrogen-bond donors (Lipinski definition) is 1. The SMILES string of the molecule is B.F.F.O=C(O)c1cn(C2CC2)c2c(Cl)c(F)c(F)cc2c1=O. The van der Waals surface area contributed by atoms with Crippen molar-refractivity contribution in [2.24, 2.45) is 0 Å². The van der Waals surface area contributed by atoms with Crippen molar-refractivity contribution in [3.63, 3.8) is 0 Å². The maximum Gasteiger partial charge on any atom is 0.341 e. The molecule has 1 aliphatic rings. The molecule has 1 saturated carbocycles. The quantitative estimate of drug-likeness (QED) is 0.511. The average molecular weight is 354 g/mol. The molecule has 0 unspecified atom stereocenters. The lowest BCUT2D eigenvalue weighted by Crippen LogP contribution is -2.19. The van der Waals surface area contributed by atoms with Crippen LogP contribution in [0, 0.1) is 11.6 Å². The van der Waals surface area contributed by atoms with Gasteiger partial charge in [0.25, 0.3) is 0 Å². The van der Waals surface area contributed by atoms with Gasteiger partial charge in [0.2, 0.25) is 5.43 Å². The molecular weight excluding hydrogens is 340 g/mol. The smallest absolute Gasteiger partial charge is 0.341 e. The lowest BCUT2D eigenvalue weighted by molar-refractivity contribution is 0.0695. The summed E-state index contributed by atoms with van der Waals surface area (Å²) in [4.78, 5) is 23.1. The summed E-state index contributed by atoms with van der Waals surface area (Å²) < 4.78 is 28.4. The molecule has 2 aromatic rings. The number of pyridine rings is 1. The molecule has 3 rings (SSSR count). The maximum absolute atomic E-state index is 13.6. The van der Waals surface area contributed by atoms with Gasteiger partial charge in [-0.25, -0.2) is 13.6 Å². The Morgan fingerprint density at radius 3 is 2.35 bits per heavy atom. The first-order valence-corrected chi connectivity index (χ1v) is 6.25. The molecule has 10 heteroatoms. The highest BCUT2D eigenvalue weighted by atomic mass is 35.5. The van der Waals surface area contributed by atoms with Crippen LogP contribution in [0.15, 0.2) is 17.1 Å². The van der Waals surface area contributed by atoms with E-state index in [0.717, 1.165) is 19.0 Å². The number of nitrogens with zero attached hydrogens (tertiary/aromatic N) is 1. The van der Waals surface area contributed by atoms with Crippen LogP contribution in [0.5, 0.6) is 0 Å². The number of halogens is 5. The summed E-state index contributed by atoms with van der Waals surface area (Å²) in [6.45, 7) is 0. The van der Waals surface area contributed by atoms with Crippen LogP contribution in [-0.2, 0) is 0 Å². The number of benzene rings is 1. The summed E-state index contributed by atoms with van der Waals surface area (Å²) in [6, 6.07) is 0.656. The van der Waals surface area contributed by atoms with E-state index in [-0.39, 0.29) is 34.8 Å². The Labute approximate surface area is 134 Å². The summed E-state index contributed by atoms with van der Waals surface area (Å²) in [7, 11) is 0. The number of carboxylic acids is 1. The van der Waals surface area contributed by atoms with Gasteiger partial charge in [0.05, 0.1) is 19.3 Å². The summed E-state index contributed by atoms with van der Waals surface area (Å²) >= 11 is 5.79. The molecule has 0 amide bonds. The number of carbonyl (C=O) groups is 1. The molecule has 0 saturated heterocycles. The molecule has 126 valence electrons. The number of carboxylic acid groups (broad SMARTS) is 1. The first-order chi connectivity index (χ1) is 9.41. The normalized spacial score (nSPS) is 12.8. The number of fused-ring (bicyclic) bond motifs is 1. The molecule has 0 radical (unpaired) electrons. The highest BCUT2D eigenvalue weighted by molar-refractivity contribution is 6.35. The van der Waals surface area contributed by atoms with E-state index in [1.165, 1.54) is 4.57 Å². The largest absolute Gasteiger partial charge is 0.477 e. The third kappa shape index (κ3) is 3.19. The fourth-order valence-electron chi connectivity index (χ4n) is 2.21. The van der Waals surface area contributed by atoms with Crippen LogP contribution in [0.2, 0.25) is 5.02 Å². The van der Waals surface area contributed by atoms with E-state index in [4.69, 9.17) is 16.7 Å². The van der Waals surface area contributed by atoms with Crippen LogP contribution in [0.3, 0.4) is 0 Å². The second-order valence-corrected chi connectivity index (χ2v) is 5.08.